The van der Waals surface area contributed by atoms with Gasteiger partial charge in [-0.25, -0.2) is 0 Å². The van der Waals surface area contributed by atoms with Gasteiger partial charge in [-0.05, 0) is 55.3 Å². The van der Waals surface area contributed by atoms with E-state index in [1.54, 1.807) is 4.90 Å². The fraction of sp³-hybridized carbons (Fsp3) is 0.263. The molecule has 1 aliphatic heterocycles. The Balaban J connectivity index is 1.54. The van der Waals surface area contributed by atoms with Crippen LogP contribution in [0.15, 0.2) is 53.0 Å². The summed E-state index contributed by atoms with van der Waals surface area (Å²) in [7, 11) is 0. The molecule has 0 aliphatic carbocycles. The molecule has 1 saturated heterocycles. The van der Waals surface area contributed by atoms with Crippen LogP contribution in [0.5, 0.6) is 0 Å². The highest BCUT2D eigenvalue weighted by atomic mass is 79.9. The first-order valence-corrected chi connectivity index (χ1v) is 9.35. The van der Waals surface area contributed by atoms with E-state index >= 15 is 0 Å². The second kappa shape index (κ2) is 8.51. The standard InChI is InChI=1S/C19H19BrN3O4/c20-15-2-1-3-16(12-15)21-18(24)13-8-10-22(11-9-13)19(25)14-4-6-17(7-5-14)23(26)27/h1-7,12-13,26H,8-11H2,(H,21,24)/q-1. The third-order valence-corrected chi connectivity index (χ3v) is 5.07. The molecule has 8 heteroatoms. The molecule has 0 saturated carbocycles. The predicted octanol–water partition coefficient (Wildman–Crippen LogP) is 3.63. The van der Waals surface area contributed by atoms with Gasteiger partial charge in [-0.2, -0.15) is 0 Å². The van der Waals surface area contributed by atoms with Crippen molar-refractivity contribution in [3.05, 3.63) is 63.8 Å². The molecule has 2 amide bonds. The quantitative estimate of drug-likeness (QED) is 0.718. The summed E-state index contributed by atoms with van der Waals surface area (Å²) in [5.41, 5.74) is 1.25. The van der Waals surface area contributed by atoms with E-state index in [9.17, 15) is 14.8 Å². The number of likely N-dealkylation sites (tertiary alicyclic amines) is 1. The molecule has 27 heavy (non-hydrogen) atoms. The summed E-state index contributed by atoms with van der Waals surface area (Å²) in [6, 6.07) is 13.2. The van der Waals surface area contributed by atoms with E-state index in [-0.39, 0.29) is 28.6 Å². The maximum absolute atomic E-state index is 12.6. The van der Waals surface area contributed by atoms with Crippen molar-refractivity contribution in [3.63, 3.8) is 0 Å². The zero-order chi connectivity index (χ0) is 19.4. The van der Waals surface area contributed by atoms with E-state index in [0.29, 0.717) is 31.5 Å². The van der Waals surface area contributed by atoms with Crippen molar-refractivity contribution in [1.82, 2.24) is 4.90 Å². The fourth-order valence-electron chi connectivity index (χ4n) is 3.07. The van der Waals surface area contributed by atoms with E-state index in [1.165, 1.54) is 24.3 Å². The number of hydrogen-bond acceptors (Lipinski definition) is 5. The first-order chi connectivity index (χ1) is 12.9. The van der Waals surface area contributed by atoms with Crippen LogP contribution in [0.25, 0.3) is 0 Å². The number of rotatable bonds is 4. The van der Waals surface area contributed by atoms with Crippen LogP contribution in [0, 0.1) is 11.1 Å². The van der Waals surface area contributed by atoms with Gasteiger partial charge in [0.1, 0.15) is 0 Å². The lowest BCUT2D eigenvalue weighted by Gasteiger charge is -2.31. The zero-order valence-corrected chi connectivity index (χ0v) is 16.1. The first kappa shape index (κ1) is 19.3. The van der Waals surface area contributed by atoms with Crippen molar-refractivity contribution in [1.29, 1.82) is 0 Å². The first-order valence-electron chi connectivity index (χ1n) is 8.56. The summed E-state index contributed by atoms with van der Waals surface area (Å²) < 4.78 is 0.896. The van der Waals surface area contributed by atoms with Crippen molar-refractivity contribution < 1.29 is 14.8 Å². The van der Waals surface area contributed by atoms with E-state index in [0.717, 1.165) is 10.2 Å². The zero-order valence-electron chi connectivity index (χ0n) is 14.5. The van der Waals surface area contributed by atoms with Gasteiger partial charge in [-0.3, -0.25) is 14.8 Å². The van der Waals surface area contributed by atoms with Gasteiger partial charge in [-0.1, -0.05) is 22.0 Å². The molecule has 0 spiro atoms. The molecule has 7 nitrogen and oxygen atoms in total. The van der Waals surface area contributed by atoms with Crippen LogP contribution in [0.2, 0.25) is 0 Å². The van der Waals surface area contributed by atoms with Crippen LogP contribution in [-0.4, -0.2) is 35.0 Å². The Morgan fingerprint density at radius 3 is 2.41 bits per heavy atom. The molecule has 3 rings (SSSR count). The summed E-state index contributed by atoms with van der Waals surface area (Å²) in [5.74, 6) is -0.329. The van der Waals surface area contributed by atoms with Crippen molar-refractivity contribution in [3.8, 4) is 0 Å². The number of anilines is 2. The maximum atomic E-state index is 12.6. The molecule has 0 bridgehead atoms. The molecule has 142 valence electrons. The van der Waals surface area contributed by atoms with Gasteiger partial charge in [0.2, 0.25) is 5.91 Å². The van der Waals surface area contributed by atoms with Crippen LogP contribution in [0.4, 0.5) is 11.4 Å². The smallest absolute Gasteiger partial charge is 0.253 e. The van der Waals surface area contributed by atoms with Crippen molar-refractivity contribution in [2.45, 2.75) is 12.8 Å². The third kappa shape index (κ3) is 4.85. The number of hydrogen-bond donors (Lipinski definition) is 2. The SMILES string of the molecule is O=C(Nc1cccc(Br)c1)C1CCN(C(=O)c2ccc(N([O-])O)cc2)CC1. The molecule has 1 aliphatic rings. The van der Waals surface area contributed by atoms with Crippen molar-refractivity contribution >= 4 is 39.1 Å². The van der Waals surface area contributed by atoms with Gasteiger partial charge in [-0.15, -0.1) is 0 Å². The van der Waals surface area contributed by atoms with Crippen LogP contribution in [-0.2, 0) is 4.79 Å². The van der Waals surface area contributed by atoms with Gasteiger partial charge in [0.05, 0.1) is 5.69 Å². The largest absolute Gasteiger partial charge is 0.733 e. The number of nitrogens with one attached hydrogen (secondary N) is 1. The minimum atomic E-state index is -0.246. The van der Waals surface area contributed by atoms with E-state index in [4.69, 9.17) is 5.21 Å². The molecule has 0 unspecified atom stereocenters. The van der Waals surface area contributed by atoms with Gasteiger partial charge in [0, 0.05) is 34.7 Å². The molecule has 0 aromatic heterocycles. The Kier molecular flexibility index (Phi) is 6.10. The van der Waals surface area contributed by atoms with Gasteiger partial charge >= 0.3 is 0 Å². The average Bonchev–Trinajstić information content (AvgIpc) is 2.67. The highest BCUT2D eigenvalue weighted by molar-refractivity contribution is 9.10. The van der Waals surface area contributed by atoms with E-state index in [1.807, 2.05) is 24.3 Å². The number of halogens is 1. The Morgan fingerprint density at radius 1 is 1.15 bits per heavy atom. The van der Waals surface area contributed by atoms with E-state index in [2.05, 4.69) is 21.2 Å². The number of carbonyl (C=O) groups excluding carboxylic acids is 2. The molecule has 2 N–H and O–H groups in total. The monoisotopic (exact) mass is 432 g/mol. The number of benzene rings is 2. The van der Waals surface area contributed by atoms with Gasteiger partial charge in [0.15, 0.2) is 0 Å². The number of amides is 2. The normalized spacial score (nSPS) is 14.7. The van der Waals surface area contributed by atoms with Crippen molar-refractivity contribution in [2.75, 3.05) is 23.6 Å². The highest BCUT2D eigenvalue weighted by Gasteiger charge is 2.27. The van der Waals surface area contributed by atoms with Crippen LogP contribution >= 0.6 is 15.9 Å². The molecule has 2 aromatic rings. The second-order valence-corrected chi connectivity index (χ2v) is 7.30. The lowest BCUT2D eigenvalue weighted by Crippen LogP contribution is -2.41. The molecule has 1 fully saturated rings. The molecule has 2 aromatic carbocycles. The molecular formula is C19H19BrN3O4-. The summed E-state index contributed by atoms with van der Waals surface area (Å²) in [6.45, 7) is 0.982. The number of carbonyl (C=O) groups is 2. The maximum Gasteiger partial charge on any atom is 0.253 e. The summed E-state index contributed by atoms with van der Waals surface area (Å²) in [6.07, 6.45) is 1.18. The molecular weight excluding hydrogens is 414 g/mol. The Morgan fingerprint density at radius 2 is 1.81 bits per heavy atom. The topological polar surface area (TPSA) is 95.9 Å². The van der Waals surface area contributed by atoms with Crippen LogP contribution in [0.3, 0.4) is 0 Å². The minimum absolute atomic E-state index is 0.0389. The predicted molar refractivity (Wildman–Crippen MR) is 105 cm³/mol. The Labute approximate surface area is 165 Å². The highest BCUT2D eigenvalue weighted by Crippen LogP contribution is 2.23. The third-order valence-electron chi connectivity index (χ3n) is 4.58. The summed E-state index contributed by atoms with van der Waals surface area (Å²) in [5, 5.41) is 22.3. The molecule has 1 heterocycles. The molecule has 0 radical (unpaired) electrons. The van der Waals surface area contributed by atoms with Gasteiger partial charge < -0.3 is 20.7 Å². The molecule has 0 atom stereocenters. The van der Waals surface area contributed by atoms with Crippen molar-refractivity contribution in [2.24, 2.45) is 5.92 Å². The fourth-order valence-corrected chi connectivity index (χ4v) is 3.47. The lowest BCUT2D eigenvalue weighted by atomic mass is 9.95. The van der Waals surface area contributed by atoms with E-state index < -0.39 is 0 Å². The van der Waals surface area contributed by atoms with Gasteiger partial charge in [0.25, 0.3) is 5.91 Å². The van der Waals surface area contributed by atoms with Crippen LogP contribution in [0.1, 0.15) is 23.2 Å². The average molecular weight is 433 g/mol. The second-order valence-electron chi connectivity index (χ2n) is 6.39. The Bertz CT molecular complexity index is 818. The Hall–Kier alpha value is -2.42. The lowest BCUT2D eigenvalue weighted by molar-refractivity contribution is -0.121. The minimum Gasteiger partial charge on any atom is -0.733 e. The number of piperidine rings is 1. The van der Waals surface area contributed by atoms with Crippen LogP contribution < -0.4 is 10.5 Å². The summed E-state index contributed by atoms with van der Waals surface area (Å²) in [4.78, 5) is 26.7. The number of nitrogens with zero attached hydrogens (tertiary/aromatic N) is 2. The summed E-state index contributed by atoms with van der Waals surface area (Å²) >= 11 is 3.38.